The third-order valence-electron chi connectivity index (χ3n) is 3.48. The summed E-state index contributed by atoms with van der Waals surface area (Å²) in [6.07, 6.45) is 0. The molecule has 19 heteroatoms. The Morgan fingerprint density at radius 3 is 1.79 bits per heavy atom. The van der Waals surface area contributed by atoms with E-state index in [1.54, 1.807) is 6.07 Å². The summed E-state index contributed by atoms with van der Waals surface area (Å²) in [6.45, 7) is 0. The van der Waals surface area contributed by atoms with Gasteiger partial charge in [0.15, 0.2) is 0 Å². The maximum atomic E-state index is 11.4. The summed E-state index contributed by atoms with van der Waals surface area (Å²) in [5.41, 5.74) is 0. The quantitative estimate of drug-likeness (QED) is 0.0847. The van der Waals surface area contributed by atoms with Crippen LogP contribution in [0.5, 0.6) is 5.75 Å². The molecule has 0 fully saturated rings. The molecular formula is C14H4Br4I4Li2O8S. The fourth-order valence-electron chi connectivity index (χ4n) is 2.10. The van der Waals surface area contributed by atoms with Crippen LogP contribution in [0.3, 0.4) is 0 Å². The van der Waals surface area contributed by atoms with E-state index in [4.69, 9.17) is 4.55 Å². The largest absolute Gasteiger partial charge is 1.00 e. The average molecular weight is 1170 g/mol. The van der Waals surface area contributed by atoms with Crippen molar-refractivity contribution in [3.63, 3.8) is 0 Å². The first-order valence-corrected chi connectivity index (χ1v) is 15.9. The Labute approximate surface area is 300 Å². The molecule has 1 aliphatic carbocycles. The second kappa shape index (κ2) is 15.2. The van der Waals surface area contributed by atoms with Gasteiger partial charge in [0, 0.05) is 19.7 Å². The molecule has 1 aromatic rings. The Bertz CT molecular complexity index is 1120. The molecule has 0 heterocycles. The molecule has 2 rings (SSSR count). The van der Waals surface area contributed by atoms with Gasteiger partial charge in [-0.1, -0.05) is 31.9 Å². The van der Waals surface area contributed by atoms with Gasteiger partial charge in [0.2, 0.25) is 0 Å². The summed E-state index contributed by atoms with van der Waals surface area (Å²) in [5.74, 6) is -5.85. The Morgan fingerprint density at radius 1 is 0.970 bits per heavy atom. The summed E-state index contributed by atoms with van der Waals surface area (Å²) < 4.78 is 33.1. The molecule has 2 unspecified atom stereocenters. The van der Waals surface area contributed by atoms with E-state index in [9.17, 15) is 33.3 Å². The van der Waals surface area contributed by atoms with Crippen molar-refractivity contribution in [2.24, 2.45) is 5.92 Å². The number of hydrogen-bond acceptors (Lipinski definition) is 7. The van der Waals surface area contributed by atoms with Gasteiger partial charge in [-0.15, -0.1) is 0 Å². The van der Waals surface area contributed by atoms with E-state index in [0.717, 1.165) is 10.7 Å². The number of halogens is 8. The second-order valence-electron chi connectivity index (χ2n) is 5.35. The van der Waals surface area contributed by atoms with Crippen LogP contribution in [-0.4, -0.2) is 34.3 Å². The van der Waals surface area contributed by atoms with Crippen LogP contribution in [0.1, 0.15) is 0 Å². The summed E-state index contributed by atoms with van der Waals surface area (Å²) in [4.78, 5) is 21.4. The number of rotatable bonds is 3. The number of aliphatic carboxylic acids is 2. The van der Waals surface area contributed by atoms with Crippen LogP contribution in [0.15, 0.2) is 24.4 Å². The van der Waals surface area contributed by atoms with Crippen molar-refractivity contribution in [1.29, 1.82) is 0 Å². The molecule has 0 bridgehead atoms. The monoisotopic (exact) mass is 1170 g/mol. The summed E-state index contributed by atoms with van der Waals surface area (Å²) >= 11 is 20.1. The van der Waals surface area contributed by atoms with E-state index in [2.05, 4.69) is 154 Å². The number of allylic oxidation sites excluding steroid dienone is 2. The first kappa shape index (κ1) is 38.5. The van der Waals surface area contributed by atoms with Gasteiger partial charge in [0.25, 0.3) is 10.1 Å². The average Bonchev–Trinajstić information content (AvgIpc) is 2.64. The van der Waals surface area contributed by atoms with E-state index >= 15 is 0 Å². The van der Waals surface area contributed by atoms with Crippen LogP contribution in [0.4, 0.5) is 0 Å². The van der Waals surface area contributed by atoms with E-state index < -0.39 is 37.2 Å². The van der Waals surface area contributed by atoms with Crippen LogP contribution in [0.2, 0.25) is 0 Å². The van der Waals surface area contributed by atoms with Crippen LogP contribution < -0.4 is 47.9 Å². The number of carboxylic acids is 2. The zero-order valence-corrected chi connectivity index (χ0v) is 31.7. The Balaban J connectivity index is 0. The van der Waals surface area contributed by atoms with Crippen LogP contribution in [-0.2, 0) is 19.7 Å². The number of carboxylic acid groups (broad SMARTS) is 2. The van der Waals surface area contributed by atoms with Crippen molar-refractivity contribution in [1.82, 2.24) is 0 Å². The number of carbonyl (C=O) groups excluding carboxylic acids is 2. The first-order valence-electron chi connectivity index (χ1n) is 6.97. The van der Waals surface area contributed by atoms with E-state index in [-0.39, 0.29) is 51.2 Å². The van der Waals surface area contributed by atoms with Gasteiger partial charge in [-0.3, -0.25) is 4.55 Å². The Kier molecular flexibility index (Phi) is 17.8. The molecule has 0 saturated carbocycles. The minimum absolute atomic E-state index is 0. The number of aromatic hydroxyl groups is 1. The molecule has 2 atom stereocenters. The first-order chi connectivity index (χ1) is 13.9. The summed E-state index contributed by atoms with van der Waals surface area (Å²) in [7, 11) is -5.02. The molecule has 0 aromatic heterocycles. The predicted octanol–water partition coefficient (Wildman–Crippen LogP) is -2.44. The number of carbonyl (C=O) groups is 2. The van der Waals surface area contributed by atoms with Gasteiger partial charge in [-0.2, -0.15) is 8.42 Å². The van der Waals surface area contributed by atoms with Crippen molar-refractivity contribution in [2.75, 3.05) is 0 Å². The molecular weight excluding hydrogens is 1170 g/mol. The van der Waals surface area contributed by atoms with Crippen LogP contribution in [0.25, 0.3) is 0 Å². The topological polar surface area (TPSA) is 155 Å². The van der Waals surface area contributed by atoms with Gasteiger partial charge in [-0.05, 0) is 128 Å². The third kappa shape index (κ3) is 8.69. The smallest absolute Gasteiger partial charge is 0.549 e. The molecule has 2 N–H and O–H groups in total. The minimum Gasteiger partial charge on any atom is -0.549 e. The number of hydrogen-bond donors (Lipinski definition) is 2. The Hall–Kier alpha value is 3.38. The zero-order chi connectivity index (χ0) is 24.6. The van der Waals surface area contributed by atoms with Crippen molar-refractivity contribution in [2.45, 2.75) is 4.32 Å². The normalized spacial score (nSPS) is 20.2. The molecule has 1 aliphatic rings. The van der Waals surface area contributed by atoms with Gasteiger partial charge < -0.3 is 24.9 Å². The maximum Gasteiger partial charge on any atom is 1.00 e. The number of benzene rings is 1. The van der Waals surface area contributed by atoms with Crippen molar-refractivity contribution in [3.05, 3.63) is 38.7 Å². The third-order valence-corrected chi connectivity index (χ3v) is 17.4. The fraction of sp³-hybridized carbons (Fsp3) is 0.143. The molecule has 8 nitrogen and oxygen atoms in total. The molecule has 0 aliphatic heterocycles. The SMILES string of the molecule is O=C([O-])C1C(S(=O)(=O)O)=C(Br)C(Br)=C(Br)C1(Br)C(=O)[O-].Oc1cc(I)c(I)c(I)c1I.[Li+].[Li+]. The number of phenolic OH excluding ortho intramolecular Hbond substituents is 1. The van der Waals surface area contributed by atoms with Crippen LogP contribution >= 0.6 is 154 Å². The van der Waals surface area contributed by atoms with Crippen molar-refractivity contribution in [3.8, 4) is 5.75 Å². The molecule has 33 heavy (non-hydrogen) atoms. The van der Waals surface area contributed by atoms with Crippen molar-refractivity contribution < 1.29 is 75.6 Å². The molecule has 0 saturated heterocycles. The second-order valence-corrected chi connectivity index (χ2v) is 14.8. The van der Waals surface area contributed by atoms with Crippen molar-refractivity contribution >= 4 is 176 Å². The molecule has 172 valence electrons. The molecule has 0 spiro atoms. The number of alkyl halides is 1. The molecule has 0 radical (unpaired) electrons. The van der Waals surface area contributed by atoms with Gasteiger partial charge in [0.05, 0.1) is 30.8 Å². The van der Waals surface area contributed by atoms with Gasteiger partial charge >= 0.3 is 37.7 Å². The van der Waals surface area contributed by atoms with Gasteiger partial charge in [-0.25, -0.2) is 0 Å². The predicted molar refractivity (Wildman–Crippen MR) is 157 cm³/mol. The molecule has 1 aromatic carbocycles. The Morgan fingerprint density at radius 2 is 1.42 bits per heavy atom. The number of phenols is 1. The van der Waals surface area contributed by atoms with Crippen LogP contribution in [0, 0.1) is 20.2 Å². The van der Waals surface area contributed by atoms with E-state index in [1.165, 1.54) is 3.57 Å². The fourth-order valence-corrected chi connectivity index (χ4v) is 9.60. The van der Waals surface area contributed by atoms with E-state index in [1.807, 2.05) is 0 Å². The zero-order valence-electron chi connectivity index (χ0n) is 15.9. The maximum absolute atomic E-state index is 11.4. The van der Waals surface area contributed by atoms with E-state index in [0.29, 0.717) is 5.75 Å². The summed E-state index contributed by atoms with van der Waals surface area (Å²) in [6, 6.07) is 1.78. The minimum atomic E-state index is -5.02. The van der Waals surface area contributed by atoms with Gasteiger partial charge in [0.1, 0.15) is 10.1 Å². The standard InChI is InChI=1S/C8H4Br4O7S.C6H2I4O.2Li/c9-2-3(10)5(11)8(12,7(15)16)1(6(13)14)4(2)20(17,18)19;7-2-1-3(11)5(9)6(10)4(2)8;;/h1H,(H,13,14)(H,15,16)(H,17,18,19);1,11H;;/q;;2*+1/p-2. The summed E-state index contributed by atoms with van der Waals surface area (Å²) in [5, 5.41) is 31.9. The molecule has 0 amide bonds.